The maximum absolute atomic E-state index is 3.54. The van der Waals surface area contributed by atoms with Crippen molar-refractivity contribution in [2.75, 3.05) is 12.3 Å². The van der Waals surface area contributed by atoms with Gasteiger partial charge in [-0.25, -0.2) is 0 Å². The van der Waals surface area contributed by atoms with Gasteiger partial charge in [-0.05, 0) is 55.7 Å². The first kappa shape index (κ1) is 15.6. The minimum atomic E-state index is 0.454. The summed E-state index contributed by atoms with van der Waals surface area (Å²) in [5.41, 5.74) is 1.40. The van der Waals surface area contributed by atoms with E-state index in [1.54, 1.807) is 0 Å². The molecule has 0 aromatic heterocycles. The summed E-state index contributed by atoms with van der Waals surface area (Å²) in [6.45, 7) is 10.1. The van der Waals surface area contributed by atoms with Crippen molar-refractivity contribution in [1.82, 2.24) is 5.32 Å². The quantitative estimate of drug-likeness (QED) is 0.672. The smallest absolute Gasteiger partial charge is 0.0292 e. The van der Waals surface area contributed by atoms with E-state index in [4.69, 9.17) is 0 Å². The molecule has 0 saturated heterocycles. The molecule has 0 fully saturated rings. The molecule has 0 amide bonds. The van der Waals surface area contributed by atoms with Gasteiger partial charge in [0.15, 0.2) is 0 Å². The van der Waals surface area contributed by atoms with Gasteiger partial charge in [0.05, 0.1) is 0 Å². The predicted octanol–water partition coefficient (Wildman–Crippen LogP) is 4.89. The van der Waals surface area contributed by atoms with Crippen LogP contribution in [-0.4, -0.2) is 12.3 Å². The van der Waals surface area contributed by atoms with Crippen LogP contribution in [0.4, 0.5) is 0 Å². The molecule has 102 valence electrons. The molecule has 0 spiro atoms. The average Bonchev–Trinajstić information content (AvgIpc) is 2.36. The zero-order valence-electron chi connectivity index (χ0n) is 12.2. The maximum atomic E-state index is 3.54. The Kier molecular flexibility index (Phi) is 7.45. The molecule has 0 saturated carbocycles. The third-order valence-corrected chi connectivity index (χ3v) is 4.05. The largest absolute Gasteiger partial charge is 0.310 e. The van der Waals surface area contributed by atoms with Crippen molar-refractivity contribution < 1.29 is 0 Å². The normalized spacial score (nSPS) is 12.9. The zero-order chi connectivity index (χ0) is 13.4. The monoisotopic (exact) mass is 265 g/mol. The lowest BCUT2D eigenvalue weighted by Crippen LogP contribution is -2.19. The van der Waals surface area contributed by atoms with Crippen LogP contribution < -0.4 is 5.32 Å². The topological polar surface area (TPSA) is 12.0 Å². The van der Waals surface area contributed by atoms with Crippen LogP contribution in [0.15, 0.2) is 29.2 Å². The summed E-state index contributed by atoms with van der Waals surface area (Å²) in [5.74, 6) is 2.02. The summed E-state index contributed by atoms with van der Waals surface area (Å²) >= 11 is 1.98. The Morgan fingerprint density at radius 3 is 2.67 bits per heavy atom. The molecule has 0 bridgehead atoms. The molecule has 1 aromatic rings. The lowest BCUT2D eigenvalue weighted by molar-refractivity contribution is 0.570. The van der Waals surface area contributed by atoms with E-state index in [1.165, 1.54) is 29.1 Å². The molecule has 0 radical (unpaired) electrons. The summed E-state index contributed by atoms with van der Waals surface area (Å²) < 4.78 is 0. The minimum Gasteiger partial charge on any atom is -0.310 e. The Bertz CT molecular complexity index is 336. The Labute approximate surface area is 117 Å². The van der Waals surface area contributed by atoms with Crippen molar-refractivity contribution >= 4 is 11.8 Å². The molecule has 1 N–H and O–H groups in total. The molecule has 1 nitrogen and oxygen atoms in total. The molecule has 2 heteroatoms. The second-order valence-electron chi connectivity index (χ2n) is 5.28. The number of thioether (sulfide) groups is 1. The first-order chi connectivity index (χ1) is 8.63. The Balaban J connectivity index is 2.50. The van der Waals surface area contributed by atoms with Gasteiger partial charge in [-0.3, -0.25) is 0 Å². The van der Waals surface area contributed by atoms with Crippen LogP contribution in [0.25, 0.3) is 0 Å². The number of nitrogens with one attached hydrogen (secondary N) is 1. The fourth-order valence-electron chi connectivity index (χ4n) is 1.76. The highest BCUT2D eigenvalue weighted by Gasteiger charge is 2.05. The van der Waals surface area contributed by atoms with Crippen molar-refractivity contribution in [3.8, 4) is 0 Å². The van der Waals surface area contributed by atoms with Gasteiger partial charge in [0, 0.05) is 10.9 Å². The van der Waals surface area contributed by atoms with Crippen LogP contribution >= 0.6 is 11.8 Å². The predicted molar refractivity (Wildman–Crippen MR) is 83.3 cm³/mol. The number of benzene rings is 1. The Morgan fingerprint density at radius 1 is 1.22 bits per heavy atom. The standard InChI is InChI=1S/C16H27NS/c1-5-10-17-14(4)15-7-6-8-16(12-15)18-11-9-13(2)3/h6-8,12-14,17H,5,9-11H2,1-4H3. The van der Waals surface area contributed by atoms with E-state index in [1.807, 2.05) is 11.8 Å². The first-order valence-electron chi connectivity index (χ1n) is 7.09. The van der Waals surface area contributed by atoms with Crippen LogP contribution in [0.5, 0.6) is 0 Å². The van der Waals surface area contributed by atoms with Crippen molar-refractivity contribution in [1.29, 1.82) is 0 Å². The van der Waals surface area contributed by atoms with Gasteiger partial charge in [0.25, 0.3) is 0 Å². The molecular formula is C16H27NS. The summed E-state index contributed by atoms with van der Waals surface area (Å²) in [6.07, 6.45) is 2.48. The van der Waals surface area contributed by atoms with Gasteiger partial charge in [0.2, 0.25) is 0 Å². The summed E-state index contributed by atoms with van der Waals surface area (Å²) in [5, 5.41) is 3.54. The lowest BCUT2D eigenvalue weighted by atomic mass is 10.1. The highest BCUT2D eigenvalue weighted by Crippen LogP contribution is 2.24. The molecule has 1 rings (SSSR count). The number of hydrogen-bond donors (Lipinski definition) is 1. The van der Waals surface area contributed by atoms with Crippen molar-refractivity contribution in [2.45, 2.75) is 51.5 Å². The molecule has 0 aliphatic heterocycles. The van der Waals surface area contributed by atoms with Gasteiger partial charge in [0.1, 0.15) is 0 Å². The van der Waals surface area contributed by atoms with E-state index < -0.39 is 0 Å². The molecular weight excluding hydrogens is 238 g/mol. The highest BCUT2D eigenvalue weighted by atomic mass is 32.2. The maximum Gasteiger partial charge on any atom is 0.0292 e. The fraction of sp³-hybridized carbons (Fsp3) is 0.625. The van der Waals surface area contributed by atoms with Gasteiger partial charge < -0.3 is 5.32 Å². The van der Waals surface area contributed by atoms with Gasteiger partial charge in [-0.2, -0.15) is 0 Å². The van der Waals surface area contributed by atoms with Crippen LogP contribution in [0, 0.1) is 5.92 Å². The Morgan fingerprint density at radius 2 is 2.00 bits per heavy atom. The van der Waals surface area contributed by atoms with Crippen LogP contribution in [0.3, 0.4) is 0 Å². The molecule has 1 unspecified atom stereocenters. The van der Waals surface area contributed by atoms with E-state index in [0.717, 1.165) is 12.5 Å². The highest BCUT2D eigenvalue weighted by molar-refractivity contribution is 7.99. The van der Waals surface area contributed by atoms with E-state index >= 15 is 0 Å². The zero-order valence-corrected chi connectivity index (χ0v) is 13.0. The average molecular weight is 265 g/mol. The van der Waals surface area contributed by atoms with Crippen LogP contribution in [0.2, 0.25) is 0 Å². The molecule has 1 aromatic carbocycles. The minimum absolute atomic E-state index is 0.454. The lowest BCUT2D eigenvalue weighted by Gasteiger charge is -2.14. The summed E-state index contributed by atoms with van der Waals surface area (Å²) in [7, 11) is 0. The third-order valence-electron chi connectivity index (χ3n) is 3.02. The molecule has 18 heavy (non-hydrogen) atoms. The second kappa shape index (κ2) is 8.60. The van der Waals surface area contributed by atoms with Crippen LogP contribution in [-0.2, 0) is 0 Å². The third kappa shape index (κ3) is 5.92. The van der Waals surface area contributed by atoms with Crippen molar-refractivity contribution in [3.05, 3.63) is 29.8 Å². The fourth-order valence-corrected chi connectivity index (χ4v) is 2.98. The van der Waals surface area contributed by atoms with Gasteiger partial charge >= 0.3 is 0 Å². The van der Waals surface area contributed by atoms with Gasteiger partial charge in [-0.15, -0.1) is 11.8 Å². The van der Waals surface area contributed by atoms with E-state index in [0.29, 0.717) is 6.04 Å². The summed E-state index contributed by atoms with van der Waals surface area (Å²) in [6, 6.07) is 9.41. The molecule has 1 atom stereocenters. The van der Waals surface area contributed by atoms with Gasteiger partial charge in [-0.1, -0.05) is 32.9 Å². The first-order valence-corrected chi connectivity index (χ1v) is 8.08. The van der Waals surface area contributed by atoms with Crippen molar-refractivity contribution in [3.63, 3.8) is 0 Å². The van der Waals surface area contributed by atoms with E-state index in [2.05, 4.69) is 57.3 Å². The molecule has 0 aliphatic carbocycles. The number of rotatable bonds is 8. The van der Waals surface area contributed by atoms with E-state index in [9.17, 15) is 0 Å². The second-order valence-corrected chi connectivity index (χ2v) is 6.45. The van der Waals surface area contributed by atoms with E-state index in [-0.39, 0.29) is 0 Å². The van der Waals surface area contributed by atoms with Crippen molar-refractivity contribution in [2.24, 2.45) is 5.92 Å². The Hall–Kier alpha value is -0.470. The molecule has 0 heterocycles. The molecule has 0 aliphatic rings. The SMILES string of the molecule is CCCNC(C)c1cccc(SCCC(C)C)c1. The summed E-state index contributed by atoms with van der Waals surface area (Å²) in [4.78, 5) is 1.40. The van der Waals surface area contributed by atoms with Crippen LogP contribution in [0.1, 0.15) is 52.1 Å². The number of hydrogen-bond acceptors (Lipinski definition) is 2.